The van der Waals surface area contributed by atoms with Gasteiger partial charge in [0.1, 0.15) is 5.75 Å². The quantitative estimate of drug-likeness (QED) is 0.581. The number of hydrogen-bond donors (Lipinski definition) is 0. The van der Waals surface area contributed by atoms with Crippen LogP contribution in [0.2, 0.25) is 0 Å². The van der Waals surface area contributed by atoms with Crippen molar-refractivity contribution in [3.05, 3.63) is 30.2 Å². The van der Waals surface area contributed by atoms with E-state index in [4.69, 9.17) is 9.26 Å². The molecule has 0 fully saturated rings. The molecule has 2 heterocycles. The summed E-state index contributed by atoms with van der Waals surface area (Å²) in [5.74, 6) is 2.40. The Morgan fingerprint density at radius 3 is 2.83 bits per heavy atom. The van der Waals surface area contributed by atoms with Crippen LogP contribution in [0.15, 0.2) is 37.5 Å². The number of ether oxygens (including phenoxy) is 1. The molecule has 0 amide bonds. The van der Waals surface area contributed by atoms with E-state index in [9.17, 15) is 0 Å². The van der Waals surface area contributed by atoms with Crippen LogP contribution in [0, 0.1) is 0 Å². The minimum absolute atomic E-state index is 0.534. The van der Waals surface area contributed by atoms with Gasteiger partial charge in [0.15, 0.2) is 8.68 Å². The van der Waals surface area contributed by atoms with E-state index in [-0.39, 0.29) is 0 Å². The lowest BCUT2D eigenvalue weighted by atomic mass is 10.2. The van der Waals surface area contributed by atoms with E-state index in [1.807, 2.05) is 37.4 Å². The van der Waals surface area contributed by atoms with E-state index < -0.39 is 0 Å². The SMILES string of the molecule is CCOc1ccccc1-c1noc(CSc2nnc(SC)s2)n1. The highest BCUT2D eigenvalue weighted by Crippen LogP contribution is 2.31. The first-order chi connectivity index (χ1) is 11.3. The molecule has 2 aromatic heterocycles. The van der Waals surface area contributed by atoms with Crippen LogP contribution in [0.25, 0.3) is 11.4 Å². The van der Waals surface area contributed by atoms with Gasteiger partial charge in [0.25, 0.3) is 0 Å². The van der Waals surface area contributed by atoms with E-state index in [0.29, 0.717) is 24.1 Å². The fraction of sp³-hybridized carbons (Fsp3) is 0.286. The van der Waals surface area contributed by atoms with Crippen LogP contribution in [0.1, 0.15) is 12.8 Å². The molecule has 0 bridgehead atoms. The smallest absolute Gasteiger partial charge is 0.237 e. The highest BCUT2D eigenvalue weighted by molar-refractivity contribution is 8.02. The van der Waals surface area contributed by atoms with Crippen LogP contribution >= 0.6 is 34.9 Å². The molecule has 0 aliphatic carbocycles. The number of para-hydroxylation sites is 1. The molecule has 0 aliphatic rings. The normalized spacial score (nSPS) is 10.9. The third kappa shape index (κ3) is 4.04. The molecular weight excluding hydrogens is 352 g/mol. The van der Waals surface area contributed by atoms with Crippen LogP contribution in [-0.2, 0) is 5.75 Å². The van der Waals surface area contributed by atoms with E-state index in [1.165, 1.54) is 11.8 Å². The van der Waals surface area contributed by atoms with Gasteiger partial charge in [-0.05, 0) is 25.3 Å². The second-order valence-corrected chi connectivity index (χ2v) is 7.52. The van der Waals surface area contributed by atoms with E-state index in [1.54, 1.807) is 23.1 Å². The molecule has 0 saturated heterocycles. The van der Waals surface area contributed by atoms with Crippen molar-refractivity contribution in [2.75, 3.05) is 12.9 Å². The van der Waals surface area contributed by atoms with Crippen LogP contribution in [-0.4, -0.2) is 33.2 Å². The summed E-state index contributed by atoms with van der Waals surface area (Å²) in [4.78, 5) is 4.44. The van der Waals surface area contributed by atoms with Gasteiger partial charge in [-0.2, -0.15) is 4.98 Å². The Morgan fingerprint density at radius 2 is 2.04 bits per heavy atom. The summed E-state index contributed by atoms with van der Waals surface area (Å²) < 4.78 is 12.8. The first-order valence-electron chi connectivity index (χ1n) is 6.85. The molecule has 0 spiro atoms. The van der Waals surface area contributed by atoms with Gasteiger partial charge < -0.3 is 9.26 Å². The summed E-state index contributed by atoms with van der Waals surface area (Å²) in [5.41, 5.74) is 0.829. The Hall–Kier alpha value is -1.58. The van der Waals surface area contributed by atoms with Crippen molar-refractivity contribution in [1.29, 1.82) is 0 Å². The molecule has 0 aliphatic heterocycles. The standard InChI is InChI=1S/C14H14N4O2S3/c1-3-19-10-7-5-4-6-9(10)12-15-11(20-18-12)8-22-14-17-16-13(21-2)23-14/h4-7H,3,8H2,1-2H3. The summed E-state index contributed by atoms with van der Waals surface area (Å²) in [6.07, 6.45) is 1.98. The van der Waals surface area contributed by atoms with Crippen molar-refractivity contribution in [2.45, 2.75) is 21.4 Å². The maximum Gasteiger partial charge on any atom is 0.237 e. The molecule has 1 aromatic carbocycles. The Morgan fingerprint density at radius 1 is 1.22 bits per heavy atom. The highest BCUT2D eigenvalue weighted by Gasteiger charge is 2.14. The summed E-state index contributed by atoms with van der Waals surface area (Å²) in [6.45, 7) is 2.53. The van der Waals surface area contributed by atoms with Gasteiger partial charge in [-0.3, -0.25) is 0 Å². The van der Waals surface area contributed by atoms with Crippen molar-refractivity contribution in [1.82, 2.24) is 20.3 Å². The lowest BCUT2D eigenvalue weighted by molar-refractivity contribution is 0.341. The zero-order valence-electron chi connectivity index (χ0n) is 12.6. The minimum atomic E-state index is 0.534. The van der Waals surface area contributed by atoms with Gasteiger partial charge in [0.05, 0.1) is 17.9 Å². The molecule has 23 heavy (non-hydrogen) atoms. The van der Waals surface area contributed by atoms with Gasteiger partial charge in [0.2, 0.25) is 11.7 Å². The Bertz CT molecular complexity index is 775. The summed E-state index contributed by atoms with van der Waals surface area (Å²) in [6, 6.07) is 7.66. The molecule has 9 heteroatoms. The zero-order chi connectivity index (χ0) is 16.1. The second kappa shape index (κ2) is 7.80. The van der Waals surface area contributed by atoms with Crippen LogP contribution in [0.3, 0.4) is 0 Å². The number of thioether (sulfide) groups is 2. The summed E-state index contributed by atoms with van der Waals surface area (Å²) in [7, 11) is 0. The molecule has 0 atom stereocenters. The molecule has 6 nitrogen and oxygen atoms in total. The Kier molecular flexibility index (Phi) is 5.52. The predicted molar refractivity (Wildman–Crippen MR) is 92.2 cm³/mol. The molecule has 0 radical (unpaired) electrons. The lowest BCUT2D eigenvalue weighted by Gasteiger charge is -2.05. The topological polar surface area (TPSA) is 73.9 Å². The summed E-state index contributed by atoms with van der Waals surface area (Å²) in [5, 5.41) is 12.2. The Balaban J connectivity index is 1.70. The third-order valence-corrected chi connectivity index (χ3v) is 5.79. The molecule has 0 N–H and O–H groups in total. The largest absolute Gasteiger partial charge is 0.493 e. The molecule has 3 rings (SSSR count). The average molecular weight is 366 g/mol. The van der Waals surface area contributed by atoms with Crippen LogP contribution in [0.4, 0.5) is 0 Å². The molecule has 120 valence electrons. The van der Waals surface area contributed by atoms with Crippen LogP contribution < -0.4 is 4.74 Å². The number of nitrogens with zero attached hydrogens (tertiary/aromatic N) is 4. The monoisotopic (exact) mass is 366 g/mol. The number of rotatable bonds is 7. The predicted octanol–water partition coefficient (Wildman–Crippen LogP) is 4.00. The number of hydrogen-bond acceptors (Lipinski definition) is 9. The average Bonchev–Trinajstić information content (AvgIpc) is 3.23. The van der Waals surface area contributed by atoms with E-state index in [0.717, 1.165) is 20.0 Å². The second-order valence-electron chi connectivity index (χ2n) is 4.27. The minimum Gasteiger partial charge on any atom is -0.493 e. The van der Waals surface area contributed by atoms with Gasteiger partial charge in [-0.1, -0.05) is 52.1 Å². The highest BCUT2D eigenvalue weighted by atomic mass is 32.2. The zero-order valence-corrected chi connectivity index (χ0v) is 15.0. The Labute approximate surface area is 146 Å². The number of benzene rings is 1. The molecule has 3 aromatic rings. The maximum absolute atomic E-state index is 5.60. The fourth-order valence-corrected chi connectivity index (χ4v) is 4.09. The lowest BCUT2D eigenvalue weighted by Crippen LogP contribution is -1.94. The van der Waals surface area contributed by atoms with Crippen molar-refractivity contribution >= 4 is 34.9 Å². The number of aromatic nitrogens is 4. The van der Waals surface area contributed by atoms with Crippen molar-refractivity contribution in [3.63, 3.8) is 0 Å². The fourth-order valence-electron chi connectivity index (χ4n) is 1.82. The van der Waals surface area contributed by atoms with Gasteiger partial charge in [0, 0.05) is 0 Å². The van der Waals surface area contributed by atoms with Gasteiger partial charge in [-0.25, -0.2) is 0 Å². The van der Waals surface area contributed by atoms with Crippen molar-refractivity contribution < 1.29 is 9.26 Å². The third-order valence-electron chi connectivity index (χ3n) is 2.78. The van der Waals surface area contributed by atoms with E-state index >= 15 is 0 Å². The van der Waals surface area contributed by atoms with Gasteiger partial charge in [-0.15, -0.1) is 10.2 Å². The molecule has 0 unspecified atom stereocenters. The van der Waals surface area contributed by atoms with Crippen molar-refractivity contribution in [2.24, 2.45) is 0 Å². The summed E-state index contributed by atoms with van der Waals surface area (Å²) >= 11 is 4.68. The molecular formula is C14H14N4O2S3. The van der Waals surface area contributed by atoms with Crippen molar-refractivity contribution in [3.8, 4) is 17.1 Å². The van der Waals surface area contributed by atoms with E-state index in [2.05, 4.69) is 20.3 Å². The molecule has 0 saturated carbocycles. The van der Waals surface area contributed by atoms with Crippen LogP contribution in [0.5, 0.6) is 5.75 Å². The first-order valence-corrected chi connectivity index (χ1v) is 9.88. The first kappa shape index (κ1) is 16.3. The van der Waals surface area contributed by atoms with Gasteiger partial charge >= 0.3 is 0 Å². The maximum atomic E-state index is 5.60.